The van der Waals surface area contributed by atoms with E-state index in [9.17, 15) is 4.79 Å². The molecule has 0 aliphatic rings. The summed E-state index contributed by atoms with van der Waals surface area (Å²) in [5.41, 5.74) is 5.04. The minimum Gasteiger partial charge on any atom is -0.363 e. The molecule has 1 heterocycles. The standard InChI is InChI=1S/C7H11N3OS2/c1-4(2)3-12-7-10-9-6(13-7)5(8)11/h4H,3H2,1-2H3,(H2,8,11). The molecule has 72 valence electrons. The third-order valence-electron chi connectivity index (χ3n) is 1.16. The van der Waals surface area contributed by atoms with Crippen molar-refractivity contribution in [2.75, 3.05) is 5.75 Å². The number of nitrogens with two attached hydrogens (primary N) is 1. The van der Waals surface area contributed by atoms with Crippen LogP contribution in [0.3, 0.4) is 0 Å². The number of aromatic nitrogens is 2. The molecule has 0 aliphatic carbocycles. The van der Waals surface area contributed by atoms with Crippen molar-refractivity contribution < 1.29 is 4.79 Å². The van der Waals surface area contributed by atoms with Crippen LogP contribution in [0, 0.1) is 5.92 Å². The highest BCUT2D eigenvalue weighted by Gasteiger charge is 2.09. The lowest BCUT2D eigenvalue weighted by Crippen LogP contribution is -2.10. The number of carbonyl (C=O) groups is 1. The number of amides is 1. The molecule has 13 heavy (non-hydrogen) atoms. The molecule has 0 aliphatic heterocycles. The van der Waals surface area contributed by atoms with E-state index >= 15 is 0 Å². The predicted molar refractivity (Wildman–Crippen MR) is 54.0 cm³/mol. The van der Waals surface area contributed by atoms with Gasteiger partial charge in [0.05, 0.1) is 0 Å². The van der Waals surface area contributed by atoms with E-state index in [1.165, 1.54) is 11.3 Å². The van der Waals surface area contributed by atoms with Crippen LogP contribution in [0.1, 0.15) is 23.6 Å². The Hall–Kier alpha value is -0.620. The molecule has 1 aromatic rings. The average molecular weight is 217 g/mol. The molecular weight excluding hydrogens is 206 g/mol. The van der Waals surface area contributed by atoms with Gasteiger partial charge in [-0.05, 0) is 5.92 Å². The molecule has 0 fully saturated rings. The van der Waals surface area contributed by atoms with Crippen LogP contribution in [0.5, 0.6) is 0 Å². The molecule has 1 amide bonds. The fraction of sp³-hybridized carbons (Fsp3) is 0.571. The molecule has 0 spiro atoms. The lowest BCUT2D eigenvalue weighted by molar-refractivity contribution is 0.0999. The zero-order chi connectivity index (χ0) is 9.84. The highest BCUT2D eigenvalue weighted by molar-refractivity contribution is 8.01. The summed E-state index contributed by atoms with van der Waals surface area (Å²) in [6.07, 6.45) is 0. The molecular formula is C7H11N3OS2. The summed E-state index contributed by atoms with van der Waals surface area (Å²) in [4.78, 5) is 10.7. The highest BCUT2D eigenvalue weighted by atomic mass is 32.2. The first kappa shape index (κ1) is 10.5. The Morgan fingerprint density at radius 2 is 2.31 bits per heavy atom. The Kier molecular flexibility index (Phi) is 3.68. The van der Waals surface area contributed by atoms with Gasteiger partial charge in [-0.15, -0.1) is 10.2 Å². The zero-order valence-corrected chi connectivity index (χ0v) is 9.11. The van der Waals surface area contributed by atoms with Gasteiger partial charge in [-0.2, -0.15) is 0 Å². The van der Waals surface area contributed by atoms with Crippen LogP contribution in [0.25, 0.3) is 0 Å². The summed E-state index contributed by atoms with van der Waals surface area (Å²) in [6.45, 7) is 4.26. The van der Waals surface area contributed by atoms with Crippen molar-refractivity contribution in [1.82, 2.24) is 10.2 Å². The van der Waals surface area contributed by atoms with E-state index in [0.717, 1.165) is 10.1 Å². The molecule has 6 heteroatoms. The average Bonchev–Trinajstić information content (AvgIpc) is 2.48. The van der Waals surface area contributed by atoms with Crippen LogP contribution in [-0.4, -0.2) is 21.9 Å². The van der Waals surface area contributed by atoms with Gasteiger partial charge >= 0.3 is 0 Å². The van der Waals surface area contributed by atoms with Crippen molar-refractivity contribution in [3.8, 4) is 0 Å². The van der Waals surface area contributed by atoms with Gasteiger partial charge in [0, 0.05) is 5.75 Å². The van der Waals surface area contributed by atoms with Gasteiger partial charge in [-0.3, -0.25) is 4.79 Å². The van der Waals surface area contributed by atoms with Gasteiger partial charge < -0.3 is 5.73 Å². The van der Waals surface area contributed by atoms with E-state index in [2.05, 4.69) is 24.0 Å². The summed E-state index contributed by atoms with van der Waals surface area (Å²) in [5.74, 6) is 1.08. The van der Waals surface area contributed by atoms with Crippen molar-refractivity contribution in [2.24, 2.45) is 11.7 Å². The summed E-state index contributed by atoms with van der Waals surface area (Å²) in [7, 11) is 0. The maximum absolute atomic E-state index is 10.7. The number of carbonyl (C=O) groups excluding carboxylic acids is 1. The van der Waals surface area contributed by atoms with Crippen LogP contribution in [0.4, 0.5) is 0 Å². The summed E-state index contributed by atoms with van der Waals surface area (Å²) < 4.78 is 0.808. The van der Waals surface area contributed by atoms with E-state index in [1.54, 1.807) is 11.8 Å². The first-order chi connectivity index (χ1) is 6.09. The molecule has 0 radical (unpaired) electrons. The smallest absolute Gasteiger partial charge is 0.279 e. The molecule has 0 bridgehead atoms. The SMILES string of the molecule is CC(C)CSc1nnc(C(N)=O)s1. The molecule has 1 aromatic heterocycles. The summed E-state index contributed by atoms with van der Waals surface area (Å²) in [5, 5.41) is 7.79. The van der Waals surface area contributed by atoms with Crippen LogP contribution in [0.2, 0.25) is 0 Å². The second-order valence-electron chi connectivity index (χ2n) is 2.94. The van der Waals surface area contributed by atoms with E-state index < -0.39 is 5.91 Å². The minimum atomic E-state index is -0.506. The number of thioether (sulfide) groups is 1. The summed E-state index contributed by atoms with van der Waals surface area (Å²) in [6, 6.07) is 0. The molecule has 1 rings (SSSR count). The molecule has 2 N–H and O–H groups in total. The van der Waals surface area contributed by atoms with Crippen LogP contribution < -0.4 is 5.73 Å². The molecule has 4 nitrogen and oxygen atoms in total. The Balaban J connectivity index is 2.54. The van der Waals surface area contributed by atoms with Gasteiger partial charge in [0.1, 0.15) is 0 Å². The summed E-state index contributed by atoms with van der Waals surface area (Å²) >= 11 is 2.85. The topological polar surface area (TPSA) is 68.9 Å². The maximum atomic E-state index is 10.7. The largest absolute Gasteiger partial charge is 0.363 e. The number of primary amides is 1. The molecule has 0 atom stereocenters. The Morgan fingerprint density at radius 1 is 1.62 bits per heavy atom. The van der Waals surface area contributed by atoms with Crippen molar-refractivity contribution in [3.63, 3.8) is 0 Å². The van der Waals surface area contributed by atoms with Crippen molar-refractivity contribution in [1.29, 1.82) is 0 Å². The number of hydrogen-bond donors (Lipinski definition) is 1. The van der Waals surface area contributed by atoms with E-state index in [1.807, 2.05) is 0 Å². The Morgan fingerprint density at radius 3 is 2.77 bits per heavy atom. The van der Waals surface area contributed by atoms with Gasteiger partial charge in [0.2, 0.25) is 5.01 Å². The lowest BCUT2D eigenvalue weighted by Gasteiger charge is -1.98. The van der Waals surface area contributed by atoms with Crippen molar-refractivity contribution >= 4 is 29.0 Å². The molecule has 0 saturated carbocycles. The third kappa shape index (κ3) is 3.31. The van der Waals surface area contributed by atoms with Crippen molar-refractivity contribution in [3.05, 3.63) is 5.01 Å². The second-order valence-corrected chi connectivity index (χ2v) is 5.19. The van der Waals surface area contributed by atoms with Crippen LogP contribution in [-0.2, 0) is 0 Å². The third-order valence-corrected chi connectivity index (χ3v) is 3.66. The van der Waals surface area contributed by atoms with E-state index in [0.29, 0.717) is 5.92 Å². The monoisotopic (exact) mass is 217 g/mol. The van der Waals surface area contributed by atoms with Gasteiger partial charge in [-0.1, -0.05) is 36.9 Å². The van der Waals surface area contributed by atoms with Gasteiger partial charge in [-0.25, -0.2) is 0 Å². The normalized spacial score (nSPS) is 10.7. The zero-order valence-electron chi connectivity index (χ0n) is 7.48. The first-order valence-electron chi connectivity index (χ1n) is 3.85. The molecule has 0 unspecified atom stereocenters. The first-order valence-corrected chi connectivity index (χ1v) is 5.66. The predicted octanol–water partition coefficient (Wildman–Crippen LogP) is 1.39. The Bertz CT molecular complexity index is 298. The highest BCUT2D eigenvalue weighted by Crippen LogP contribution is 2.23. The van der Waals surface area contributed by atoms with Gasteiger partial charge in [0.25, 0.3) is 5.91 Å². The minimum absolute atomic E-state index is 0.284. The van der Waals surface area contributed by atoms with Crippen LogP contribution in [0.15, 0.2) is 4.34 Å². The lowest BCUT2D eigenvalue weighted by atomic mass is 10.3. The fourth-order valence-corrected chi connectivity index (χ4v) is 2.29. The number of nitrogens with zero attached hydrogens (tertiary/aromatic N) is 2. The Labute approximate surface area is 84.9 Å². The number of hydrogen-bond acceptors (Lipinski definition) is 5. The second kappa shape index (κ2) is 4.57. The van der Waals surface area contributed by atoms with E-state index in [-0.39, 0.29) is 5.01 Å². The molecule has 0 saturated heterocycles. The molecule has 0 aromatic carbocycles. The fourth-order valence-electron chi connectivity index (χ4n) is 0.606. The maximum Gasteiger partial charge on any atom is 0.279 e. The van der Waals surface area contributed by atoms with Gasteiger partial charge in [0.15, 0.2) is 4.34 Å². The number of rotatable bonds is 4. The van der Waals surface area contributed by atoms with E-state index in [4.69, 9.17) is 5.73 Å². The van der Waals surface area contributed by atoms with Crippen LogP contribution >= 0.6 is 23.1 Å². The quantitative estimate of drug-likeness (QED) is 0.774. The van der Waals surface area contributed by atoms with Crippen molar-refractivity contribution in [2.45, 2.75) is 18.2 Å².